The average Bonchev–Trinajstić information content (AvgIpc) is 3.73. The van der Waals surface area contributed by atoms with Gasteiger partial charge in [0, 0.05) is 26.9 Å². The van der Waals surface area contributed by atoms with Crippen LogP contribution in [0.2, 0.25) is 0 Å². The largest absolute Gasteiger partial charge is 0.452 e. The van der Waals surface area contributed by atoms with Crippen molar-refractivity contribution in [1.29, 1.82) is 0 Å². The van der Waals surface area contributed by atoms with Crippen molar-refractivity contribution in [3.63, 3.8) is 0 Å². The minimum Gasteiger partial charge on any atom is -0.452 e. The Hall–Kier alpha value is -6.38. The highest BCUT2D eigenvalue weighted by atomic mass is 16.4. The maximum atomic E-state index is 6.79. The van der Waals surface area contributed by atoms with E-state index in [0.717, 1.165) is 60.2 Å². The molecule has 0 aliphatic heterocycles. The molecule has 0 N–H and O–H groups in total. The highest BCUT2D eigenvalue weighted by molar-refractivity contribution is 6.30. The first-order valence-corrected chi connectivity index (χ1v) is 16.4. The first kappa shape index (κ1) is 25.8. The summed E-state index contributed by atoms with van der Waals surface area (Å²) in [6, 6.07) is 56.7. The van der Waals surface area contributed by atoms with Crippen LogP contribution in [0.25, 0.3) is 109 Å². The minimum atomic E-state index is 0.788. The van der Waals surface area contributed by atoms with E-state index in [-0.39, 0.29) is 0 Å². The third-order valence-corrected chi connectivity index (χ3v) is 10.2. The van der Waals surface area contributed by atoms with Gasteiger partial charge in [0.1, 0.15) is 11.2 Å². The Morgan fingerprint density at radius 2 is 0.896 bits per heavy atom. The van der Waals surface area contributed by atoms with Crippen LogP contribution >= 0.6 is 0 Å². The summed E-state index contributed by atoms with van der Waals surface area (Å²) in [6.45, 7) is 0. The first-order chi connectivity index (χ1) is 23.8. The van der Waals surface area contributed by atoms with Gasteiger partial charge < -0.3 is 8.83 Å². The van der Waals surface area contributed by atoms with Gasteiger partial charge in [0.2, 0.25) is 0 Å². The molecule has 2 heteroatoms. The molecule has 2 aromatic heterocycles. The van der Waals surface area contributed by atoms with Gasteiger partial charge in [0.25, 0.3) is 0 Å². The molecule has 0 saturated carbocycles. The van der Waals surface area contributed by atoms with E-state index in [4.69, 9.17) is 8.83 Å². The highest BCUT2D eigenvalue weighted by Gasteiger charge is 2.24. The number of benzene rings is 9. The van der Waals surface area contributed by atoms with Crippen molar-refractivity contribution < 1.29 is 8.83 Å². The zero-order valence-electron chi connectivity index (χ0n) is 25.8. The zero-order chi connectivity index (χ0) is 31.3. The van der Waals surface area contributed by atoms with E-state index in [9.17, 15) is 0 Å². The van der Waals surface area contributed by atoms with Crippen LogP contribution in [0.5, 0.6) is 0 Å². The van der Waals surface area contributed by atoms with Crippen LogP contribution in [0.1, 0.15) is 0 Å². The summed E-state index contributed by atoms with van der Waals surface area (Å²) >= 11 is 0. The normalized spacial score (nSPS) is 12.2. The second-order valence-corrected chi connectivity index (χ2v) is 12.8. The summed E-state index contributed by atoms with van der Waals surface area (Å²) in [5.41, 5.74) is 8.15. The molecule has 222 valence electrons. The molecule has 0 aliphatic carbocycles. The third kappa shape index (κ3) is 3.46. The molecule has 0 unspecified atom stereocenters. The topological polar surface area (TPSA) is 26.3 Å². The molecule has 0 fully saturated rings. The molecular formula is C46H26O2. The number of hydrogen-bond donors (Lipinski definition) is 0. The van der Waals surface area contributed by atoms with Gasteiger partial charge >= 0.3 is 0 Å². The van der Waals surface area contributed by atoms with E-state index in [1.807, 2.05) is 6.07 Å². The molecule has 0 radical (unpaired) electrons. The van der Waals surface area contributed by atoms with Gasteiger partial charge in [-0.2, -0.15) is 0 Å². The highest BCUT2D eigenvalue weighted by Crippen LogP contribution is 2.50. The van der Waals surface area contributed by atoms with Crippen molar-refractivity contribution in [2.45, 2.75) is 0 Å². The number of fused-ring (bicyclic) bond motifs is 12. The van der Waals surface area contributed by atoms with Crippen LogP contribution in [0, 0.1) is 0 Å². The van der Waals surface area contributed by atoms with Crippen LogP contribution in [0.15, 0.2) is 167 Å². The number of furan rings is 2. The van der Waals surface area contributed by atoms with Crippen molar-refractivity contribution in [3.05, 3.63) is 158 Å². The fraction of sp³-hybridized carbons (Fsp3) is 0. The fourth-order valence-corrected chi connectivity index (χ4v) is 8.12. The van der Waals surface area contributed by atoms with Gasteiger partial charge in [-0.05, 0) is 84.2 Å². The molecule has 2 heterocycles. The Labute approximate surface area is 275 Å². The molecule has 0 aliphatic rings. The van der Waals surface area contributed by atoms with E-state index < -0.39 is 0 Å². The van der Waals surface area contributed by atoms with E-state index in [1.165, 1.54) is 49.0 Å². The lowest BCUT2D eigenvalue weighted by atomic mass is 9.84. The van der Waals surface area contributed by atoms with Crippen LogP contribution in [0.4, 0.5) is 0 Å². The molecule has 0 spiro atoms. The van der Waals surface area contributed by atoms with E-state index >= 15 is 0 Å². The summed E-state index contributed by atoms with van der Waals surface area (Å²) in [6.07, 6.45) is 0. The molecule has 11 aromatic rings. The number of hydrogen-bond acceptors (Lipinski definition) is 2. The summed E-state index contributed by atoms with van der Waals surface area (Å²) < 4.78 is 13.5. The van der Waals surface area contributed by atoms with Gasteiger partial charge in [-0.1, -0.05) is 133 Å². The Morgan fingerprint density at radius 1 is 0.312 bits per heavy atom. The zero-order valence-corrected chi connectivity index (χ0v) is 25.8. The van der Waals surface area contributed by atoms with Crippen LogP contribution < -0.4 is 0 Å². The Kier molecular flexibility index (Phi) is 5.14. The van der Waals surface area contributed by atoms with Crippen LogP contribution in [-0.2, 0) is 0 Å². The summed E-state index contributed by atoms with van der Waals surface area (Å²) in [5, 5.41) is 13.9. The van der Waals surface area contributed by atoms with Gasteiger partial charge in [-0.15, -0.1) is 0 Å². The summed E-state index contributed by atoms with van der Waals surface area (Å²) in [5.74, 6) is 0. The molecule has 0 saturated heterocycles. The Balaban J connectivity index is 1.34. The number of rotatable bonds is 2. The van der Waals surface area contributed by atoms with Gasteiger partial charge in [0.05, 0.1) is 0 Å². The lowest BCUT2D eigenvalue weighted by molar-refractivity contribution is 0.635. The maximum absolute atomic E-state index is 6.79. The molecule has 2 nitrogen and oxygen atoms in total. The molecular weight excluding hydrogens is 585 g/mol. The monoisotopic (exact) mass is 610 g/mol. The molecule has 48 heavy (non-hydrogen) atoms. The molecule has 9 aromatic carbocycles. The lowest BCUT2D eigenvalue weighted by Crippen LogP contribution is -1.91. The Morgan fingerprint density at radius 3 is 1.65 bits per heavy atom. The van der Waals surface area contributed by atoms with Crippen molar-refractivity contribution in [3.8, 4) is 22.3 Å². The average molecular weight is 611 g/mol. The minimum absolute atomic E-state index is 0.788. The predicted molar refractivity (Wildman–Crippen MR) is 202 cm³/mol. The predicted octanol–water partition coefficient (Wildman–Crippen LogP) is 13.4. The van der Waals surface area contributed by atoms with Crippen LogP contribution in [0.3, 0.4) is 0 Å². The van der Waals surface area contributed by atoms with E-state index in [2.05, 4.69) is 152 Å². The van der Waals surface area contributed by atoms with Gasteiger partial charge in [-0.3, -0.25) is 0 Å². The molecule has 0 bridgehead atoms. The Bertz CT molecular complexity index is 3060. The molecule has 0 atom stereocenters. The lowest BCUT2D eigenvalue weighted by Gasteiger charge is -2.18. The van der Waals surface area contributed by atoms with Crippen molar-refractivity contribution in [2.75, 3.05) is 0 Å². The second-order valence-electron chi connectivity index (χ2n) is 12.8. The first-order valence-electron chi connectivity index (χ1n) is 16.4. The van der Waals surface area contributed by atoms with E-state index in [0.29, 0.717) is 0 Å². The molecule has 0 amide bonds. The third-order valence-electron chi connectivity index (χ3n) is 10.2. The maximum Gasteiger partial charge on any atom is 0.179 e. The quantitative estimate of drug-likeness (QED) is 0.182. The van der Waals surface area contributed by atoms with Crippen LogP contribution in [-0.4, -0.2) is 0 Å². The summed E-state index contributed by atoms with van der Waals surface area (Å²) in [4.78, 5) is 0. The summed E-state index contributed by atoms with van der Waals surface area (Å²) in [7, 11) is 0. The number of para-hydroxylation sites is 1. The molecule has 11 rings (SSSR count). The SMILES string of the molecule is c1ccc2cc(-c3c4ccccc4c(-c4cc5c6ccc7ccccc7c6oc5c5oc6ccccc6c45)c4ccccc34)ccc2c1. The van der Waals surface area contributed by atoms with Crippen molar-refractivity contribution in [1.82, 2.24) is 0 Å². The fourth-order valence-electron chi connectivity index (χ4n) is 8.12. The second kappa shape index (κ2) is 9.57. The van der Waals surface area contributed by atoms with E-state index in [1.54, 1.807) is 0 Å². The van der Waals surface area contributed by atoms with Gasteiger partial charge in [0.15, 0.2) is 11.2 Å². The van der Waals surface area contributed by atoms with Crippen molar-refractivity contribution >= 4 is 87.0 Å². The smallest absolute Gasteiger partial charge is 0.179 e. The standard InChI is InChI=1S/C46H26O2/c1-2-13-29-25-30(22-21-27(29)11-1)41-32-15-5-7-17-34(32)42(35-18-8-6-16-33(35)41)39-26-38-36-24-23-28-12-3-4-14-31(28)44(36)48-45(38)46-43(39)37-19-9-10-20-40(37)47-46/h1-26H. The van der Waals surface area contributed by atoms with Gasteiger partial charge in [-0.25, -0.2) is 0 Å². The van der Waals surface area contributed by atoms with Crippen molar-refractivity contribution in [2.24, 2.45) is 0 Å².